The van der Waals surface area contributed by atoms with Crippen LogP contribution in [-0.2, 0) is 26.8 Å². The molecule has 0 saturated carbocycles. The molecular formula is C28H34N2O3S. The zero-order chi connectivity index (χ0) is 24.9. The first kappa shape index (κ1) is 25.5. The van der Waals surface area contributed by atoms with Gasteiger partial charge in [-0.05, 0) is 54.7 Å². The van der Waals surface area contributed by atoms with E-state index in [2.05, 4.69) is 20.8 Å². The third kappa shape index (κ3) is 6.06. The predicted molar refractivity (Wildman–Crippen MR) is 138 cm³/mol. The zero-order valence-electron chi connectivity index (χ0n) is 20.7. The van der Waals surface area contributed by atoms with Crippen LogP contribution in [0.1, 0.15) is 44.4 Å². The molecule has 0 aromatic heterocycles. The highest BCUT2D eigenvalue weighted by Gasteiger charge is 2.29. The Hall–Kier alpha value is -3.12. The highest BCUT2D eigenvalue weighted by atomic mass is 32.2. The van der Waals surface area contributed by atoms with E-state index < -0.39 is 10.0 Å². The SMILES string of the molecule is CCN(Cc1ccccc1)C(=O)CN(c1ccc(C)cc1)S(=O)(=O)c1ccc(C(C)(C)C)cc1. The summed E-state index contributed by atoms with van der Waals surface area (Å²) in [6, 6.07) is 23.8. The van der Waals surface area contributed by atoms with Gasteiger partial charge in [-0.25, -0.2) is 8.42 Å². The summed E-state index contributed by atoms with van der Waals surface area (Å²) >= 11 is 0. The smallest absolute Gasteiger partial charge is 0.264 e. The van der Waals surface area contributed by atoms with Gasteiger partial charge in [0.15, 0.2) is 0 Å². The second kappa shape index (κ2) is 10.4. The van der Waals surface area contributed by atoms with E-state index in [1.54, 1.807) is 29.2 Å². The molecule has 0 heterocycles. The van der Waals surface area contributed by atoms with Crippen molar-refractivity contribution in [2.24, 2.45) is 0 Å². The van der Waals surface area contributed by atoms with Gasteiger partial charge in [-0.1, -0.05) is 80.9 Å². The minimum atomic E-state index is -3.95. The fourth-order valence-electron chi connectivity index (χ4n) is 3.68. The zero-order valence-corrected chi connectivity index (χ0v) is 21.5. The largest absolute Gasteiger partial charge is 0.337 e. The molecule has 0 N–H and O–H groups in total. The van der Waals surface area contributed by atoms with Gasteiger partial charge in [0.1, 0.15) is 6.54 Å². The van der Waals surface area contributed by atoms with Crippen molar-refractivity contribution >= 4 is 21.6 Å². The van der Waals surface area contributed by atoms with E-state index >= 15 is 0 Å². The van der Waals surface area contributed by atoms with Crippen molar-refractivity contribution in [2.75, 3.05) is 17.4 Å². The van der Waals surface area contributed by atoms with E-state index in [1.165, 1.54) is 4.31 Å². The highest BCUT2D eigenvalue weighted by molar-refractivity contribution is 7.92. The molecule has 0 atom stereocenters. The third-order valence-corrected chi connectivity index (χ3v) is 7.65. The number of likely N-dealkylation sites (N-methyl/N-ethyl adjacent to an activating group) is 1. The minimum Gasteiger partial charge on any atom is -0.337 e. The second-order valence-electron chi connectivity index (χ2n) is 9.52. The first-order valence-corrected chi connectivity index (χ1v) is 13.0. The second-order valence-corrected chi connectivity index (χ2v) is 11.4. The Morgan fingerprint density at radius 2 is 1.44 bits per heavy atom. The van der Waals surface area contributed by atoms with E-state index in [0.717, 1.165) is 16.7 Å². The molecule has 3 aromatic carbocycles. The number of nitrogens with zero attached hydrogens (tertiary/aromatic N) is 2. The van der Waals surface area contributed by atoms with Crippen LogP contribution in [0.25, 0.3) is 0 Å². The number of hydrogen-bond acceptors (Lipinski definition) is 3. The molecule has 0 saturated heterocycles. The van der Waals surface area contributed by atoms with Crippen LogP contribution >= 0.6 is 0 Å². The number of benzene rings is 3. The fraction of sp³-hybridized carbons (Fsp3) is 0.321. The van der Waals surface area contributed by atoms with Gasteiger partial charge >= 0.3 is 0 Å². The monoisotopic (exact) mass is 478 g/mol. The van der Waals surface area contributed by atoms with E-state index in [-0.39, 0.29) is 22.8 Å². The van der Waals surface area contributed by atoms with Crippen molar-refractivity contribution in [3.05, 3.63) is 95.6 Å². The van der Waals surface area contributed by atoms with Gasteiger partial charge in [0, 0.05) is 13.1 Å². The fourth-order valence-corrected chi connectivity index (χ4v) is 5.10. The minimum absolute atomic E-state index is 0.0893. The van der Waals surface area contributed by atoms with E-state index in [4.69, 9.17) is 0 Å². The van der Waals surface area contributed by atoms with Crippen molar-refractivity contribution in [2.45, 2.75) is 51.5 Å². The molecule has 34 heavy (non-hydrogen) atoms. The van der Waals surface area contributed by atoms with Crippen molar-refractivity contribution < 1.29 is 13.2 Å². The Morgan fingerprint density at radius 3 is 1.97 bits per heavy atom. The molecule has 180 valence electrons. The summed E-state index contributed by atoms with van der Waals surface area (Å²) in [6.07, 6.45) is 0. The molecule has 0 aliphatic heterocycles. The summed E-state index contributed by atoms with van der Waals surface area (Å²) in [7, 11) is -3.95. The van der Waals surface area contributed by atoms with Gasteiger partial charge in [0.2, 0.25) is 5.91 Å². The van der Waals surface area contributed by atoms with E-state index in [9.17, 15) is 13.2 Å². The number of hydrogen-bond donors (Lipinski definition) is 0. The molecular weight excluding hydrogens is 444 g/mol. The summed E-state index contributed by atoms with van der Waals surface area (Å²) in [5.74, 6) is -0.248. The lowest BCUT2D eigenvalue weighted by atomic mass is 9.87. The lowest BCUT2D eigenvalue weighted by Gasteiger charge is -2.28. The first-order chi connectivity index (χ1) is 16.0. The molecule has 0 bridgehead atoms. The van der Waals surface area contributed by atoms with Crippen LogP contribution in [0, 0.1) is 6.92 Å². The van der Waals surface area contributed by atoms with Crippen molar-refractivity contribution in [1.82, 2.24) is 4.90 Å². The number of carbonyl (C=O) groups is 1. The maximum Gasteiger partial charge on any atom is 0.264 e. The molecule has 0 radical (unpaired) electrons. The van der Waals surface area contributed by atoms with Gasteiger partial charge in [0.05, 0.1) is 10.6 Å². The number of rotatable bonds is 8. The lowest BCUT2D eigenvalue weighted by molar-refractivity contribution is -0.129. The molecule has 0 spiro atoms. The van der Waals surface area contributed by atoms with E-state index in [1.807, 2.05) is 68.4 Å². The topological polar surface area (TPSA) is 57.7 Å². The van der Waals surface area contributed by atoms with Crippen molar-refractivity contribution in [3.63, 3.8) is 0 Å². The summed E-state index contributed by atoms with van der Waals surface area (Å²) in [4.78, 5) is 15.2. The Balaban J connectivity index is 1.95. The Kier molecular flexibility index (Phi) is 7.82. The molecule has 0 aliphatic carbocycles. The number of carbonyl (C=O) groups excluding carboxylic acids is 1. The molecule has 1 amide bonds. The van der Waals surface area contributed by atoms with Crippen LogP contribution in [0.5, 0.6) is 0 Å². The average Bonchev–Trinajstić information content (AvgIpc) is 2.81. The van der Waals surface area contributed by atoms with Gasteiger partial charge in [-0.15, -0.1) is 0 Å². The van der Waals surface area contributed by atoms with Crippen molar-refractivity contribution in [1.29, 1.82) is 0 Å². The Morgan fingerprint density at radius 1 is 0.853 bits per heavy atom. The number of aryl methyl sites for hydroxylation is 1. The van der Waals surface area contributed by atoms with Gasteiger partial charge in [-0.2, -0.15) is 0 Å². The molecule has 0 fully saturated rings. The van der Waals surface area contributed by atoms with Crippen LogP contribution in [0.3, 0.4) is 0 Å². The van der Waals surface area contributed by atoms with Gasteiger partial charge < -0.3 is 4.90 Å². The maximum atomic E-state index is 13.7. The van der Waals surface area contributed by atoms with Crippen LogP contribution in [0.15, 0.2) is 83.8 Å². The normalized spacial score (nSPS) is 11.8. The molecule has 3 rings (SSSR count). The molecule has 0 unspecified atom stereocenters. The highest BCUT2D eigenvalue weighted by Crippen LogP contribution is 2.27. The van der Waals surface area contributed by atoms with E-state index in [0.29, 0.717) is 18.8 Å². The van der Waals surface area contributed by atoms with Crippen LogP contribution in [-0.4, -0.2) is 32.3 Å². The summed E-state index contributed by atoms with van der Waals surface area (Å²) in [5, 5.41) is 0. The quantitative estimate of drug-likeness (QED) is 0.427. The summed E-state index contributed by atoms with van der Waals surface area (Å²) < 4.78 is 28.7. The van der Waals surface area contributed by atoms with Crippen LogP contribution in [0.2, 0.25) is 0 Å². The van der Waals surface area contributed by atoms with Crippen molar-refractivity contribution in [3.8, 4) is 0 Å². The predicted octanol–water partition coefficient (Wildman–Crippen LogP) is 5.54. The van der Waals surface area contributed by atoms with Gasteiger partial charge in [-0.3, -0.25) is 9.10 Å². The standard InChI is InChI=1S/C28H34N2O3S/c1-6-29(20-23-10-8-7-9-11-23)27(31)21-30(25-16-12-22(2)13-17-25)34(32,33)26-18-14-24(15-19-26)28(3,4)5/h7-19H,6,20-21H2,1-5H3. The van der Waals surface area contributed by atoms with Crippen LogP contribution < -0.4 is 4.31 Å². The molecule has 5 nitrogen and oxygen atoms in total. The maximum absolute atomic E-state index is 13.7. The number of sulfonamides is 1. The third-order valence-electron chi connectivity index (χ3n) is 5.86. The summed E-state index contributed by atoms with van der Waals surface area (Å²) in [6.45, 7) is 10.7. The van der Waals surface area contributed by atoms with Gasteiger partial charge in [0.25, 0.3) is 10.0 Å². The molecule has 6 heteroatoms. The average molecular weight is 479 g/mol. The molecule has 0 aliphatic rings. The Labute approximate surface area is 204 Å². The number of amides is 1. The number of anilines is 1. The van der Waals surface area contributed by atoms with Crippen LogP contribution in [0.4, 0.5) is 5.69 Å². The molecule has 3 aromatic rings. The lowest BCUT2D eigenvalue weighted by Crippen LogP contribution is -2.42. The summed E-state index contributed by atoms with van der Waals surface area (Å²) in [5.41, 5.74) is 3.44. The Bertz CT molecular complexity index is 1200. The first-order valence-electron chi connectivity index (χ1n) is 11.5.